The Morgan fingerprint density at radius 3 is 2.50 bits per heavy atom. The Balaban J connectivity index is 1.81. The fourth-order valence-corrected chi connectivity index (χ4v) is 2.73. The van der Waals surface area contributed by atoms with Crippen LogP contribution in [0.2, 0.25) is 0 Å². The third-order valence-corrected chi connectivity index (χ3v) is 4.54. The number of anilines is 4. The van der Waals surface area contributed by atoms with Crippen molar-refractivity contribution < 1.29 is 13.5 Å². The van der Waals surface area contributed by atoms with Gasteiger partial charge in [0.1, 0.15) is 11.6 Å². The summed E-state index contributed by atoms with van der Waals surface area (Å²) in [4.78, 5) is 12.2. The van der Waals surface area contributed by atoms with Crippen LogP contribution >= 0.6 is 15.9 Å². The van der Waals surface area contributed by atoms with Gasteiger partial charge in [-0.05, 0) is 40.2 Å². The van der Waals surface area contributed by atoms with Crippen LogP contribution in [0, 0.1) is 0 Å². The van der Waals surface area contributed by atoms with Crippen molar-refractivity contribution in [1.29, 1.82) is 0 Å². The molecule has 3 rings (SSSR count). The molecule has 0 atom stereocenters. The summed E-state index contributed by atoms with van der Waals surface area (Å²) in [6.07, 6.45) is 2.86. The molecule has 2 heterocycles. The molecular formula is C15H13BrN6O3S. The maximum atomic E-state index is 11.2. The van der Waals surface area contributed by atoms with E-state index in [9.17, 15) is 13.5 Å². The highest BCUT2D eigenvalue weighted by atomic mass is 79.9. The average Bonchev–Trinajstić information content (AvgIpc) is 2.58. The normalized spacial score (nSPS) is 11.2. The lowest BCUT2D eigenvalue weighted by Gasteiger charge is -2.10. The minimum atomic E-state index is -3.85. The summed E-state index contributed by atoms with van der Waals surface area (Å²) in [5, 5.41) is 20.3. The molecule has 0 amide bonds. The van der Waals surface area contributed by atoms with Crippen molar-refractivity contribution in [3.05, 3.63) is 53.3 Å². The molecule has 0 spiro atoms. The summed E-state index contributed by atoms with van der Waals surface area (Å²) in [5.74, 6) is 0.864. The van der Waals surface area contributed by atoms with E-state index >= 15 is 0 Å². The topological polar surface area (TPSA) is 143 Å². The molecular weight excluding hydrogens is 424 g/mol. The van der Waals surface area contributed by atoms with E-state index in [-0.39, 0.29) is 16.7 Å². The average molecular weight is 437 g/mol. The molecule has 0 aliphatic heterocycles. The molecule has 0 saturated heterocycles. The highest BCUT2D eigenvalue weighted by Crippen LogP contribution is 2.26. The third kappa shape index (κ3) is 4.45. The van der Waals surface area contributed by atoms with Gasteiger partial charge >= 0.3 is 0 Å². The Morgan fingerprint density at radius 2 is 1.85 bits per heavy atom. The number of pyridine rings is 1. The van der Waals surface area contributed by atoms with Crippen LogP contribution in [0.25, 0.3) is 0 Å². The standard InChI is InChI=1S/C15H13BrN6O3S/c16-12-8-19-15(21-10-4-5-13(18-7-10)26(17,24)25)22-14(12)20-9-2-1-3-11(23)6-9/h1-8,23H,(H2,17,24,25)(H2,19,20,21,22). The predicted octanol–water partition coefficient (Wildman–Crippen LogP) is 2.47. The third-order valence-electron chi connectivity index (χ3n) is 3.14. The number of hydrogen-bond acceptors (Lipinski definition) is 8. The van der Waals surface area contributed by atoms with E-state index in [1.54, 1.807) is 30.5 Å². The number of aromatic nitrogens is 3. The van der Waals surface area contributed by atoms with Crippen LogP contribution < -0.4 is 15.8 Å². The van der Waals surface area contributed by atoms with Crippen molar-refractivity contribution in [3.8, 4) is 5.75 Å². The number of rotatable bonds is 5. The van der Waals surface area contributed by atoms with E-state index in [1.807, 2.05) is 0 Å². The van der Waals surface area contributed by atoms with Gasteiger partial charge in [0.25, 0.3) is 10.0 Å². The highest BCUT2D eigenvalue weighted by molar-refractivity contribution is 9.10. The van der Waals surface area contributed by atoms with Crippen LogP contribution in [-0.2, 0) is 10.0 Å². The Bertz CT molecular complexity index is 1040. The van der Waals surface area contributed by atoms with Crippen LogP contribution in [0.15, 0.2) is 58.3 Å². The molecule has 134 valence electrons. The molecule has 0 bridgehead atoms. The zero-order valence-electron chi connectivity index (χ0n) is 13.1. The van der Waals surface area contributed by atoms with Crippen molar-refractivity contribution in [2.24, 2.45) is 5.14 Å². The lowest BCUT2D eigenvalue weighted by molar-refractivity contribution is 0.475. The number of primary sulfonamides is 1. The number of nitrogens with two attached hydrogens (primary N) is 1. The minimum absolute atomic E-state index is 0.125. The second-order valence-electron chi connectivity index (χ2n) is 5.12. The molecule has 0 unspecified atom stereocenters. The molecule has 3 aromatic rings. The Morgan fingerprint density at radius 1 is 1.04 bits per heavy atom. The quantitative estimate of drug-likeness (QED) is 0.477. The summed E-state index contributed by atoms with van der Waals surface area (Å²) in [6.45, 7) is 0. The summed E-state index contributed by atoms with van der Waals surface area (Å²) in [5.41, 5.74) is 1.14. The van der Waals surface area contributed by atoms with Gasteiger partial charge < -0.3 is 15.7 Å². The summed E-state index contributed by atoms with van der Waals surface area (Å²) in [6, 6.07) is 9.37. The zero-order chi connectivity index (χ0) is 18.7. The van der Waals surface area contributed by atoms with E-state index < -0.39 is 10.0 Å². The molecule has 2 aromatic heterocycles. The lowest BCUT2D eigenvalue weighted by Crippen LogP contribution is -2.13. The smallest absolute Gasteiger partial charge is 0.255 e. The maximum Gasteiger partial charge on any atom is 0.255 e. The van der Waals surface area contributed by atoms with Crippen LogP contribution in [0.3, 0.4) is 0 Å². The molecule has 0 saturated carbocycles. The van der Waals surface area contributed by atoms with Crippen molar-refractivity contribution in [1.82, 2.24) is 15.0 Å². The zero-order valence-corrected chi connectivity index (χ0v) is 15.5. The first kappa shape index (κ1) is 18.0. The molecule has 9 nitrogen and oxygen atoms in total. The predicted molar refractivity (Wildman–Crippen MR) is 100 cm³/mol. The number of hydrogen-bond donors (Lipinski definition) is 4. The van der Waals surface area contributed by atoms with Crippen LogP contribution in [-0.4, -0.2) is 28.5 Å². The molecule has 11 heteroatoms. The first-order chi connectivity index (χ1) is 12.3. The van der Waals surface area contributed by atoms with Crippen molar-refractivity contribution in [3.63, 3.8) is 0 Å². The van der Waals surface area contributed by atoms with Gasteiger partial charge in [-0.1, -0.05) is 6.07 Å². The van der Waals surface area contributed by atoms with Gasteiger partial charge in [0.2, 0.25) is 5.95 Å². The highest BCUT2D eigenvalue weighted by Gasteiger charge is 2.10. The Labute approximate surface area is 157 Å². The van der Waals surface area contributed by atoms with Crippen LogP contribution in [0.1, 0.15) is 0 Å². The van der Waals surface area contributed by atoms with Gasteiger partial charge in [0.05, 0.1) is 16.4 Å². The number of nitrogens with zero attached hydrogens (tertiary/aromatic N) is 3. The number of halogens is 1. The summed E-state index contributed by atoms with van der Waals surface area (Å²) in [7, 11) is -3.85. The monoisotopic (exact) mass is 436 g/mol. The van der Waals surface area contributed by atoms with Gasteiger partial charge in [-0.2, -0.15) is 4.98 Å². The molecule has 0 aliphatic carbocycles. The Kier molecular flexibility index (Phi) is 5.02. The SMILES string of the molecule is NS(=O)(=O)c1ccc(Nc2ncc(Br)c(Nc3cccc(O)c3)n2)cn1. The fraction of sp³-hybridized carbons (Fsp3) is 0. The van der Waals surface area contributed by atoms with E-state index in [1.165, 1.54) is 18.3 Å². The van der Waals surface area contributed by atoms with Crippen LogP contribution in [0.5, 0.6) is 5.75 Å². The van der Waals surface area contributed by atoms with E-state index in [4.69, 9.17) is 5.14 Å². The molecule has 26 heavy (non-hydrogen) atoms. The molecule has 0 fully saturated rings. The molecule has 5 N–H and O–H groups in total. The number of benzene rings is 1. The van der Waals surface area contributed by atoms with Gasteiger partial charge in [0, 0.05) is 18.0 Å². The molecule has 0 aliphatic rings. The molecule has 1 aromatic carbocycles. The number of aromatic hydroxyl groups is 1. The fourth-order valence-electron chi connectivity index (χ4n) is 1.99. The number of phenols is 1. The lowest BCUT2D eigenvalue weighted by atomic mass is 10.3. The second-order valence-corrected chi connectivity index (χ2v) is 7.48. The molecule has 0 radical (unpaired) electrons. The largest absolute Gasteiger partial charge is 0.508 e. The summed E-state index contributed by atoms with van der Waals surface area (Å²) >= 11 is 3.35. The van der Waals surface area contributed by atoms with Crippen LogP contribution in [0.4, 0.5) is 23.1 Å². The maximum absolute atomic E-state index is 11.2. The van der Waals surface area contributed by atoms with Crippen molar-refractivity contribution in [2.75, 3.05) is 10.6 Å². The van der Waals surface area contributed by atoms with Crippen molar-refractivity contribution >= 4 is 49.1 Å². The minimum Gasteiger partial charge on any atom is -0.508 e. The van der Waals surface area contributed by atoms with Gasteiger partial charge in [-0.25, -0.2) is 23.5 Å². The first-order valence-electron chi connectivity index (χ1n) is 7.16. The number of phenolic OH excluding ortho intramolecular Hbond substituents is 1. The van der Waals surface area contributed by atoms with E-state index in [0.29, 0.717) is 21.7 Å². The number of nitrogens with one attached hydrogen (secondary N) is 2. The summed E-state index contributed by atoms with van der Waals surface area (Å²) < 4.78 is 23.1. The van der Waals surface area contributed by atoms with Crippen molar-refractivity contribution in [2.45, 2.75) is 5.03 Å². The van der Waals surface area contributed by atoms with Gasteiger partial charge in [-0.3, -0.25) is 0 Å². The second kappa shape index (κ2) is 7.23. The number of sulfonamides is 1. The first-order valence-corrected chi connectivity index (χ1v) is 9.50. The van der Waals surface area contributed by atoms with E-state index in [2.05, 4.69) is 41.5 Å². The van der Waals surface area contributed by atoms with E-state index in [0.717, 1.165) is 0 Å². The van der Waals surface area contributed by atoms with Gasteiger partial charge in [0.15, 0.2) is 5.03 Å². The van der Waals surface area contributed by atoms with Gasteiger partial charge in [-0.15, -0.1) is 0 Å². The Hall–Kier alpha value is -2.76.